The Morgan fingerprint density at radius 1 is 0.137 bits per heavy atom. The highest BCUT2D eigenvalue weighted by molar-refractivity contribution is 7.30. The van der Waals surface area contributed by atoms with E-state index in [4.69, 9.17) is 0 Å². The maximum Gasteiger partial charge on any atom is -0.0126 e. The van der Waals surface area contributed by atoms with Gasteiger partial charge in [-0.2, -0.15) is 0 Å². The third kappa shape index (κ3) is 37.0. The lowest BCUT2D eigenvalue weighted by atomic mass is 9.97. The highest BCUT2D eigenvalue weighted by Crippen LogP contribution is 2.32. The molecule has 18 unspecified atom stereocenters. The van der Waals surface area contributed by atoms with Gasteiger partial charge in [0.15, 0.2) is 0 Å². The first kappa shape index (κ1) is 115. The van der Waals surface area contributed by atoms with Crippen LogP contribution in [0.15, 0.2) is 388 Å². The summed E-state index contributed by atoms with van der Waals surface area (Å²) in [6.07, 6.45) is 5.10. The second-order valence-electron chi connectivity index (χ2n) is 34.1. The zero-order chi connectivity index (χ0) is 100. The maximum absolute atomic E-state index is 2.79. The predicted octanol–water partition coefficient (Wildman–Crippen LogP) is 28.0. The van der Waals surface area contributed by atoms with Crippen molar-refractivity contribution in [2.75, 3.05) is 0 Å². The SMILES string of the molecule is Cc1c(P)ccc(-c2ccc(P)cc2)c1C.Cc1cc(-c2ccc(CP)cc2)ccc1P.Cc1cc(-c2ccc(P)cc2)ccc1CP.Cc1cc(-c2ccc(P)cc2)ccc1P.Cc1cc(CP)ccc1-c1ccc(P)cc1.Cc1cc(P)ccc1-c1ccc(CP)cc1.Cc1cc(P)ccc1-c1ccc(P)cc1.PCc1ccc(-c2ccc(P)cc2)cc1.Pc1ccc(-c2ccc(P)cc2)cc1. The van der Waals surface area contributed by atoms with Gasteiger partial charge < -0.3 is 0 Å². The van der Waals surface area contributed by atoms with Crippen LogP contribution >= 0.6 is 166 Å². The van der Waals surface area contributed by atoms with Gasteiger partial charge in [0.2, 0.25) is 0 Å². The molecule has 0 aromatic heterocycles. The van der Waals surface area contributed by atoms with Gasteiger partial charge in [0.25, 0.3) is 0 Å². The van der Waals surface area contributed by atoms with Gasteiger partial charge in [-0.1, -0.05) is 388 Å². The number of rotatable bonds is 14. The molecule has 0 heterocycles. The summed E-state index contributed by atoms with van der Waals surface area (Å²) in [5.74, 6) is 0. The average molecular weight is 2150 g/mol. The topological polar surface area (TPSA) is 0 Å². The Hall–Kier alpha value is -6.30. The van der Waals surface area contributed by atoms with E-state index in [0.717, 1.165) is 30.8 Å². The summed E-state index contributed by atoms with van der Waals surface area (Å²) < 4.78 is 0. The van der Waals surface area contributed by atoms with Gasteiger partial charge in [0.1, 0.15) is 0 Å². The molecule has 18 atom stereocenters. The van der Waals surface area contributed by atoms with E-state index in [2.05, 4.69) is 610 Å². The van der Waals surface area contributed by atoms with E-state index in [0.29, 0.717) is 0 Å². The van der Waals surface area contributed by atoms with E-state index in [1.807, 2.05) is 0 Å². The first-order chi connectivity index (χ1) is 66.8. The van der Waals surface area contributed by atoms with Crippen LogP contribution in [-0.4, -0.2) is 0 Å². The summed E-state index contributed by atoms with van der Waals surface area (Å²) in [6, 6.07) is 138. The van der Waals surface area contributed by atoms with Crippen LogP contribution < -0.4 is 69.0 Å². The van der Waals surface area contributed by atoms with E-state index >= 15 is 0 Å². The lowest BCUT2D eigenvalue weighted by Gasteiger charge is -2.11. The van der Waals surface area contributed by atoms with Crippen LogP contribution in [0.2, 0.25) is 0 Å². The molecule has 0 nitrogen and oxygen atoms in total. The van der Waals surface area contributed by atoms with Gasteiger partial charge >= 0.3 is 0 Å². The molecule has 18 rings (SSSR count). The molecule has 0 aliphatic rings. The molecule has 0 fully saturated rings. The van der Waals surface area contributed by atoms with E-state index in [-0.39, 0.29) is 0 Å². The third-order valence-electron chi connectivity index (χ3n) is 23.7. The van der Waals surface area contributed by atoms with Crippen LogP contribution in [0.25, 0.3) is 100 Å². The normalized spacial score (nSPS) is 10.4. The average Bonchev–Trinajstić information content (AvgIpc) is 0.813. The molecule has 0 radical (unpaired) electrons. The van der Waals surface area contributed by atoms with E-state index in [1.165, 1.54) is 241 Å². The molecule has 0 aliphatic carbocycles. The van der Waals surface area contributed by atoms with Gasteiger partial charge in [0.05, 0.1) is 0 Å². The van der Waals surface area contributed by atoms with Gasteiger partial charge in [0, 0.05) is 0 Å². The molecular weight excluding hydrogens is 2010 g/mol. The molecule has 18 aromatic rings. The zero-order valence-corrected chi connectivity index (χ0v) is 102. The quantitative estimate of drug-likeness (QED) is 0.0952. The van der Waals surface area contributed by atoms with E-state index in [1.54, 1.807) is 0 Å². The molecule has 0 saturated heterocycles. The van der Waals surface area contributed by atoms with Crippen molar-refractivity contribution in [2.24, 2.45) is 0 Å². The maximum atomic E-state index is 2.79. The third-order valence-corrected chi connectivity index (χ3v) is 31.8. The Bertz CT molecular complexity index is 6870. The van der Waals surface area contributed by atoms with Crippen molar-refractivity contribution >= 4 is 235 Å². The van der Waals surface area contributed by atoms with Crippen LogP contribution in [-0.2, 0) is 30.8 Å². The Kier molecular flexibility index (Phi) is 48.9. The highest BCUT2D eigenvalue weighted by atomic mass is 31.0. The van der Waals surface area contributed by atoms with Crippen molar-refractivity contribution in [1.82, 2.24) is 0 Å². The minimum Gasteiger partial charge on any atom is -0.133 e. The molecule has 18 heteroatoms. The second kappa shape index (κ2) is 59.3. The van der Waals surface area contributed by atoms with Crippen molar-refractivity contribution < 1.29 is 0 Å². The van der Waals surface area contributed by atoms with E-state index < -0.39 is 0 Å². The fourth-order valence-corrected chi connectivity index (χ4v) is 19.5. The minimum absolute atomic E-state index is 1.02. The second-order valence-corrected chi connectivity index (χ2v) is 44.7. The smallest absolute Gasteiger partial charge is 0.0126 e. The number of hydrogen-bond acceptors (Lipinski definition) is 0. The summed E-state index contributed by atoms with van der Waals surface area (Å²) in [4.78, 5) is 0. The lowest BCUT2D eigenvalue weighted by Crippen LogP contribution is -2.01. The first-order valence-electron chi connectivity index (χ1n) is 45.9. The van der Waals surface area contributed by atoms with Crippen LogP contribution in [0, 0.1) is 55.4 Å². The molecule has 139 heavy (non-hydrogen) atoms. The summed E-state index contributed by atoms with van der Waals surface area (Å²) in [5.41, 5.74) is 40.8. The van der Waals surface area contributed by atoms with E-state index in [9.17, 15) is 0 Å². The molecule has 0 spiro atoms. The molecule has 0 amide bonds. The van der Waals surface area contributed by atoms with Crippen LogP contribution in [0.4, 0.5) is 0 Å². The Morgan fingerprint density at radius 2 is 0.338 bits per heavy atom. The molecule has 0 aliphatic heterocycles. The standard InChI is InChI=1S/5C14H16P2.3C13H14P2.C12H12P2/c1-9-10(2)14(16)8-7-13(9)11-3-5-12(15)6-4-11;1-10-8-11(9-15)2-7-14(10)12-3-5-13(16)6-4-12;1-10-8-13(16)6-7-14(10)12-4-2-11(9-15)3-5-12;1-10-8-13(6-7-14(10)16)12-4-2-11(9-15)3-5-12;1-10-8-12(2-3-13(10)9-15)11-4-6-14(16)7-5-11;1-9-8-11(4-7-13(9)15)10-2-5-12(14)6-3-10;1-9-8-12(15)6-7-13(9)10-2-4-11(14)5-3-10;14-9-10-1-3-11(4-2-10)12-5-7-13(15)8-6-12;13-11-5-1-9(2-6-11)10-3-7-12(14)8-4-10/h3-8H,15-16H2,1-2H3;4*2-8H,9,15-16H2,1H3;2*2-8H,14-15H2,1H3;1-8H,9,14-15H2;1-8H,13-14H2. The summed E-state index contributed by atoms with van der Waals surface area (Å²) >= 11 is 0. The Labute approximate surface area is 874 Å². The van der Waals surface area contributed by atoms with Crippen molar-refractivity contribution in [2.45, 2.75) is 86.2 Å². The molecule has 0 N–H and O–H groups in total. The molecule has 0 bridgehead atoms. The predicted molar refractivity (Wildman–Crippen MR) is 693 cm³/mol. The van der Waals surface area contributed by atoms with Crippen molar-refractivity contribution in [3.8, 4) is 100 Å². The molecule has 708 valence electrons. The fourth-order valence-electron chi connectivity index (χ4n) is 15.0. The largest absolute Gasteiger partial charge is 0.133 e. The van der Waals surface area contributed by atoms with Gasteiger partial charge in [-0.3, -0.25) is 0 Å². The molecule has 0 saturated carbocycles. The first-order valence-corrected chi connectivity index (χ1v) is 57.5. The van der Waals surface area contributed by atoms with Gasteiger partial charge in [-0.15, -0.1) is 166 Å². The number of aryl methyl sites for hydroxylation is 6. The fraction of sp³-hybridized carbons (Fsp3) is 0.107. The minimum atomic E-state index is 1.02. The Morgan fingerprint density at radius 3 is 0.597 bits per heavy atom. The van der Waals surface area contributed by atoms with Crippen LogP contribution in [0.5, 0.6) is 0 Å². The molecular formula is C121H134P18. The zero-order valence-electron chi connectivity index (χ0n) is 80.9. The molecule has 18 aromatic carbocycles. The highest BCUT2D eigenvalue weighted by Gasteiger charge is 2.11. The summed E-state index contributed by atoms with van der Waals surface area (Å²) in [7, 11) is 49.2. The number of hydrogen-bond donors (Lipinski definition) is 0. The number of benzene rings is 18. The van der Waals surface area contributed by atoms with Crippen molar-refractivity contribution in [3.05, 3.63) is 461 Å². The van der Waals surface area contributed by atoms with Crippen molar-refractivity contribution in [3.63, 3.8) is 0 Å². The lowest BCUT2D eigenvalue weighted by molar-refractivity contribution is 1.31. The monoisotopic (exact) mass is 2140 g/mol. The Balaban J connectivity index is 0.000000161. The van der Waals surface area contributed by atoms with Gasteiger partial charge in [-0.05, 0) is 328 Å². The van der Waals surface area contributed by atoms with Crippen LogP contribution in [0.3, 0.4) is 0 Å². The van der Waals surface area contributed by atoms with Crippen LogP contribution in [0.1, 0.15) is 72.3 Å². The summed E-state index contributed by atoms with van der Waals surface area (Å²) in [5, 5.41) is 16.1. The van der Waals surface area contributed by atoms with Crippen molar-refractivity contribution in [1.29, 1.82) is 0 Å². The van der Waals surface area contributed by atoms with Gasteiger partial charge in [-0.25, -0.2) is 0 Å². The summed E-state index contributed by atoms with van der Waals surface area (Å²) in [6.45, 7) is 17.3.